The van der Waals surface area contributed by atoms with Crippen LogP contribution in [0.3, 0.4) is 0 Å². The molecule has 8 heteroatoms. The van der Waals surface area contributed by atoms with Crippen molar-refractivity contribution in [2.24, 2.45) is 5.73 Å². The van der Waals surface area contributed by atoms with Gasteiger partial charge in [-0.05, 0) is 30.4 Å². The van der Waals surface area contributed by atoms with E-state index in [-0.39, 0.29) is 12.8 Å². The van der Waals surface area contributed by atoms with Gasteiger partial charge in [0.25, 0.3) is 0 Å². The topological polar surface area (TPSA) is 122 Å². The number of amides is 3. The van der Waals surface area contributed by atoms with E-state index in [0.717, 1.165) is 10.4 Å². The minimum Gasteiger partial charge on any atom is -0.480 e. The maximum Gasteiger partial charge on any atom is 0.326 e. The summed E-state index contributed by atoms with van der Waals surface area (Å²) in [6.45, 7) is 2.26. The summed E-state index contributed by atoms with van der Waals surface area (Å²) in [5.41, 5.74) is 6.02. The lowest BCUT2D eigenvalue weighted by Crippen LogP contribution is -2.46. The normalized spacial score (nSPS) is 11.7. The molecule has 3 amide bonds. The van der Waals surface area contributed by atoms with Crippen LogP contribution in [-0.2, 0) is 16.1 Å². The highest BCUT2D eigenvalue weighted by atomic mass is 32.1. The van der Waals surface area contributed by atoms with Crippen molar-refractivity contribution in [3.05, 3.63) is 21.9 Å². The molecule has 0 radical (unpaired) electrons. The number of carboxylic acids is 1. The van der Waals surface area contributed by atoms with Gasteiger partial charge in [-0.3, -0.25) is 4.79 Å². The zero-order chi connectivity index (χ0) is 15.1. The van der Waals surface area contributed by atoms with E-state index in [9.17, 15) is 14.4 Å². The number of nitrogens with one attached hydrogen (secondary N) is 2. The second-order valence-electron chi connectivity index (χ2n) is 4.25. The fraction of sp³-hybridized carbons (Fsp3) is 0.417. The Labute approximate surface area is 120 Å². The molecule has 1 rings (SSSR count). The summed E-state index contributed by atoms with van der Waals surface area (Å²) in [7, 11) is 0. The first kappa shape index (κ1) is 16.0. The van der Waals surface area contributed by atoms with Crippen LogP contribution < -0.4 is 16.4 Å². The number of hydrogen-bond donors (Lipinski definition) is 4. The molecule has 0 saturated carbocycles. The molecule has 0 bridgehead atoms. The number of aryl methyl sites for hydroxylation is 1. The zero-order valence-corrected chi connectivity index (χ0v) is 11.8. The lowest BCUT2D eigenvalue weighted by atomic mass is 10.1. The largest absolute Gasteiger partial charge is 0.480 e. The van der Waals surface area contributed by atoms with Crippen molar-refractivity contribution in [2.45, 2.75) is 32.4 Å². The molecule has 0 spiro atoms. The van der Waals surface area contributed by atoms with Gasteiger partial charge in [-0.25, -0.2) is 9.59 Å². The number of hydrogen-bond acceptors (Lipinski definition) is 4. The molecule has 0 fully saturated rings. The minimum absolute atomic E-state index is 0.0316. The Bertz CT molecular complexity index is 501. The molecule has 5 N–H and O–H groups in total. The number of carbonyl (C=O) groups is 3. The van der Waals surface area contributed by atoms with Gasteiger partial charge in [0.2, 0.25) is 5.91 Å². The molecule has 1 aromatic heterocycles. The van der Waals surface area contributed by atoms with E-state index in [1.807, 2.05) is 18.4 Å². The molecule has 110 valence electrons. The maximum absolute atomic E-state index is 11.6. The Morgan fingerprint density at radius 1 is 1.45 bits per heavy atom. The SMILES string of the molecule is Cc1ccsc1CNC(=O)N[C@@H](CCC(N)=O)C(=O)O. The van der Waals surface area contributed by atoms with Crippen molar-refractivity contribution in [3.63, 3.8) is 0 Å². The number of carboxylic acid groups (broad SMARTS) is 1. The van der Waals surface area contributed by atoms with E-state index in [4.69, 9.17) is 10.8 Å². The van der Waals surface area contributed by atoms with E-state index in [1.165, 1.54) is 11.3 Å². The Balaban J connectivity index is 2.43. The lowest BCUT2D eigenvalue weighted by Gasteiger charge is -2.14. The number of nitrogens with two attached hydrogens (primary N) is 1. The molecular weight excluding hydrogens is 282 g/mol. The second-order valence-corrected chi connectivity index (χ2v) is 5.25. The van der Waals surface area contributed by atoms with E-state index in [0.29, 0.717) is 6.54 Å². The molecule has 0 saturated heterocycles. The van der Waals surface area contributed by atoms with Crippen LogP contribution in [0.25, 0.3) is 0 Å². The molecule has 0 aliphatic rings. The molecule has 1 heterocycles. The van der Waals surface area contributed by atoms with Gasteiger partial charge in [-0.15, -0.1) is 11.3 Å². The van der Waals surface area contributed by atoms with Gasteiger partial charge < -0.3 is 21.5 Å². The number of urea groups is 1. The number of primary amides is 1. The summed E-state index contributed by atoms with van der Waals surface area (Å²) in [6.07, 6.45) is -0.128. The van der Waals surface area contributed by atoms with Crippen molar-refractivity contribution in [2.75, 3.05) is 0 Å². The molecule has 1 aromatic rings. The molecule has 7 nitrogen and oxygen atoms in total. The summed E-state index contributed by atoms with van der Waals surface area (Å²) in [6, 6.07) is 0.216. The maximum atomic E-state index is 11.6. The quantitative estimate of drug-likeness (QED) is 0.588. The fourth-order valence-electron chi connectivity index (χ4n) is 1.50. The Morgan fingerprint density at radius 3 is 2.65 bits per heavy atom. The average molecular weight is 299 g/mol. The number of aliphatic carboxylic acids is 1. The van der Waals surface area contributed by atoms with Crippen molar-refractivity contribution in [1.29, 1.82) is 0 Å². The highest BCUT2D eigenvalue weighted by Gasteiger charge is 2.20. The van der Waals surface area contributed by atoms with Crippen LogP contribution in [-0.4, -0.2) is 29.1 Å². The third kappa shape index (κ3) is 5.27. The van der Waals surface area contributed by atoms with Crippen molar-refractivity contribution in [1.82, 2.24) is 10.6 Å². The third-order valence-electron chi connectivity index (χ3n) is 2.66. The predicted octanol–water partition coefficient (Wildman–Crippen LogP) is 0.574. The molecule has 0 unspecified atom stereocenters. The highest BCUT2D eigenvalue weighted by molar-refractivity contribution is 7.10. The van der Waals surface area contributed by atoms with Crippen molar-refractivity contribution >= 4 is 29.2 Å². The van der Waals surface area contributed by atoms with Gasteiger partial charge in [0, 0.05) is 11.3 Å². The number of rotatable bonds is 7. The smallest absolute Gasteiger partial charge is 0.326 e. The molecular formula is C12H17N3O4S. The third-order valence-corrected chi connectivity index (χ3v) is 3.68. The monoisotopic (exact) mass is 299 g/mol. The summed E-state index contributed by atoms with van der Waals surface area (Å²) in [5, 5.41) is 15.7. The summed E-state index contributed by atoms with van der Waals surface area (Å²) in [4.78, 5) is 34.2. The predicted molar refractivity (Wildman–Crippen MR) is 74.3 cm³/mol. The van der Waals surface area contributed by atoms with Crippen molar-refractivity contribution < 1.29 is 19.5 Å². The molecule has 20 heavy (non-hydrogen) atoms. The van der Waals surface area contributed by atoms with Crippen LogP contribution in [0.15, 0.2) is 11.4 Å². The molecule has 1 atom stereocenters. The summed E-state index contributed by atoms with van der Waals surface area (Å²) < 4.78 is 0. The Morgan fingerprint density at radius 2 is 2.15 bits per heavy atom. The standard InChI is InChI=1S/C12H17N3O4S/c1-7-4-5-20-9(7)6-14-12(19)15-8(11(17)18)2-3-10(13)16/h4-5,8H,2-3,6H2,1H3,(H2,13,16)(H,17,18)(H2,14,15,19)/t8-/m0/s1. The average Bonchev–Trinajstić information content (AvgIpc) is 2.77. The minimum atomic E-state index is -1.20. The van der Waals surface area contributed by atoms with Gasteiger partial charge in [0.1, 0.15) is 6.04 Å². The van der Waals surface area contributed by atoms with Gasteiger partial charge in [0.05, 0.1) is 6.54 Å². The van der Waals surface area contributed by atoms with Crippen LogP contribution in [0.1, 0.15) is 23.3 Å². The van der Waals surface area contributed by atoms with Crippen LogP contribution in [0.5, 0.6) is 0 Å². The van der Waals surface area contributed by atoms with Gasteiger partial charge >= 0.3 is 12.0 Å². The second kappa shape index (κ2) is 7.49. The molecule has 0 aliphatic heterocycles. The van der Waals surface area contributed by atoms with Crippen LogP contribution >= 0.6 is 11.3 Å². The Hall–Kier alpha value is -2.09. The van der Waals surface area contributed by atoms with Crippen LogP contribution in [0, 0.1) is 6.92 Å². The summed E-state index contributed by atoms with van der Waals surface area (Å²) >= 11 is 1.51. The highest BCUT2D eigenvalue weighted by Crippen LogP contribution is 2.14. The Kier molecular flexibility index (Phi) is 5.98. The molecule has 0 aliphatic carbocycles. The number of thiophene rings is 1. The van der Waals surface area contributed by atoms with Gasteiger partial charge in [-0.1, -0.05) is 0 Å². The van der Waals surface area contributed by atoms with Gasteiger partial charge in [0.15, 0.2) is 0 Å². The fourth-order valence-corrected chi connectivity index (χ4v) is 2.34. The van der Waals surface area contributed by atoms with E-state index >= 15 is 0 Å². The zero-order valence-electron chi connectivity index (χ0n) is 11.0. The van der Waals surface area contributed by atoms with Crippen molar-refractivity contribution in [3.8, 4) is 0 Å². The van der Waals surface area contributed by atoms with Crippen LogP contribution in [0.2, 0.25) is 0 Å². The van der Waals surface area contributed by atoms with E-state index < -0.39 is 23.9 Å². The summed E-state index contributed by atoms with van der Waals surface area (Å²) in [5.74, 6) is -1.80. The first-order valence-electron chi connectivity index (χ1n) is 5.98. The van der Waals surface area contributed by atoms with Gasteiger partial charge in [-0.2, -0.15) is 0 Å². The van der Waals surface area contributed by atoms with E-state index in [1.54, 1.807) is 0 Å². The first-order chi connectivity index (χ1) is 9.40. The lowest BCUT2D eigenvalue weighted by molar-refractivity contribution is -0.139. The molecule has 0 aromatic carbocycles. The number of carbonyl (C=O) groups excluding carboxylic acids is 2. The van der Waals surface area contributed by atoms with E-state index in [2.05, 4.69) is 10.6 Å². The first-order valence-corrected chi connectivity index (χ1v) is 6.86. The van der Waals surface area contributed by atoms with Crippen LogP contribution in [0.4, 0.5) is 4.79 Å².